The second-order valence-corrected chi connectivity index (χ2v) is 5.96. The molecule has 112 valence electrons. The van der Waals surface area contributed by atoms with Crippen LogP contribution in [0.25, 0.3) is 0 Å². The fourth-order valence-corrected chi connectivity index (χ4v) is 2.74. The highest BCUT2D eigenvalue weighted by Crippen LogP contribution is 2.29. The number of aliphatic hydroxyl groups excluding tert-OH is 1. The average Bonchev–Trinajstić information content (AvgIpc) is 2.84. The minimum absolute atomic E-state index is 0.148. The summed E-state index contributed by atoms with van der Waals surface area (Å²) >= 11 is 0. The van der Waals surface area contributed by atoms with Crippen LogP contribution in [0.5, 0.6) is 0 Å². The van der Waals surface area contributed by atoms with Gasteiger partial charge in [-0.1, -0.05) is 19.1 Å². The highest BCUT2D eigenvalue weighted by atomic mass is 16.3. The second-order valence-electron chi connectivity index (χ2n) is 5.96. The standard InChI is InChI=1S/C16H27N3O/c1-11(10-20)12(2)18-15(9-17)13-4-5-16-14(8-13)6-7-19(16)3/h4-5,8,11-12,15,18,20H,6-7,9-10,17H2,1-3H3. The van der Waals surface area contributed by atoms with Gasteiger partial charge in [-0.3, -0.25) is 0 Å². The zero-order valence-corrected chi connectivity index (χ0v) is 12.8. The molecule has 1 heterocycles. The van der Waals surface area contributed by atoms with Gasteiger partial charge in [0.2, 0.25) is 0 Å². The number of fused-ring (bicyclic) bond motifs is 1. The number of hydrogen-bond acceptors (Lipinski definition) is 4. The summed E-state index contributed by atoms with van der Waals surface area (Å²) in [5.41, 5.74) is 9.93. The molecule has 2 rings (SSSR count). The van der Waals surface area contributed by atoms with Gasteiger partial charge in [-0.05, 0) is 36.5 Å². The normalized spacial score (nSPS) is 18.8. The Morgan fingerprint density at radius 2 is 2.15 bits per heavy atom. The molecule has 3 atom stereocenters. The third kappa shape index (κ3) is 3.14. The van der Waals surface area contributed by atoms with Crippen LogP contribution in [0.2, 0.25) is 0 Å². The molecule has 3 unspecified atom stereocenters. The fraction of sp³-hybridized carbons (Fsp3) is 0.625. The predicted octanol–water partition coefficient (Wildman–Crippen LogP) is 1.29. The molecule has 0 bridgehead atoms. The van der Waals surface area contributed by atoms with E-state index < -0.39 is 0 Å². The lowest BCUT2D eigenvalue weighted by molar-refractivity contribution is 0.201. The first-order chi connectivity index (χ1) is 9.56. The van der Waals surface area contributed by atoms with E-state index in [1.165, 1.54) is 16.8 Å². The number of rotatable bonds is 6. The lowest BCUT2D eigenvalue weighted by atomic mass is 9.99. The number of hydrogen-bond donors (Lipinski definition) is 3. The predicted molar refractivity (Wildman–Crippen MR) is 84.1 cm³/mol. The number of likely N-dealkylation sites (N-methyl/N-ethyl adjacent to an activating group) is 1. The molecule has 0 aliphatic carbocycles. The van der Waals surface area contributed by atoms with Crippen molar-refractivity contribution in [1.29, 1.82) is 0 Å². The molecule has 0 fully saturated rings. The van der Waals surface area contributed by atoms with Crippen molar-refractivity contribution in [1.82, 2.24) is 5.32 Å². The van der Waals surface area contributed by atoms with E-state index in [9.17, 15) is 5.11 Å². The van der Waals surface area contributed by atoms with Gasteiger partial charge in [0.05, 0.1) is 0 Å². The Morgan fingerprint density at radius 3 is 2.80 bits per heavy atom. The number of benzene rings is 1. The third-order valence-corrected chi connectivity index (χ3v) is 4.48. The molecule has 1 aliphatic heterocycles. The molecule has 1 aromatic rings. The number of aliphatic hydroxyl groups is 1. The van der Waals surface area contributed by atoms with Crippen molar-refractivity contribution in [3.8, 4) is 0 Å². The van der Waals surface area contributed by atoms with Crippen molar-refractivity contribution >= 4 is 5.69 Å². The Balaban J connectivity index is 2.12. The number of nitrogens with one attached hydrogen (secondary N) is 1. The van der Waals surface area contributed by atoms with E-state index in [0.29, 0.717) is 6.54 Å². The molecule has 20 heavy (non-hydrogen) atoms. The Labute approximate surface area is 122 Å². The summed E-state index contributed by atoms with van der Waals surface area (Å²) in [6.45, 7) is 6.00. The smallest absolute Gasteiger partial charge is 0.0471 e. The summed E-state index contributed by atoms with van der Waals surface area (Å²) in [5.74, 6) is 0.226. The zero-order valence-electron chi connectivity index (χ0n) is 12.8. The quantitative estimate of drug-likeness (QED) is 0.733. The molecule has 1 aromatic carbocycles. The van der Waals surface area contributed by atoms with E-state index in [0.717, 1.165) is 13.0 Å². The Bertz CT molecular complexity index is 449. The van der Waals surface area contributed by atoms with Gasteiger partial charge in [0, 0.05) is 44.5 Å². The molecule has 4 heteroatoms. The van der Waals surface area contributed by atoms with Crippen LogP contribution in [0.4, 0.5) is 5.69 Å². The van der Waals surface area contributed by atoms with E-state index in [-0.39, 0.29) is 24.6 Å². The molecule has 4 nitrogen and oxygen atoms in total. The Hall–Kier alpha value is -1.10. The van der Waals surface area contributed by atoms with E-state index in [4.69, 9.17) is 5.73 Å². The number of nitrogens with two attached hydrogens (primary N) is 1. The first kappa shape index (κ1) is 15.3. The van der Waals surface area contributed by atoms with Gasteiger partial charge < -0.3 is 21.1 Å². The molecule has 0 radical (unpaired) electrons. The van der Waals surface area contributed by atoms with Gasteiger partial charge in [0.15, 0.2) is 0 Å². The van der Waals surface area contributed by atoms with E-state index >= 15 is 0 Å². The molecular weight excluding hydrogens is 250 g/mol. The van der Waals surface area contributed by atoms with Gasteiger partial charge >= 0.3 is 0 Å². The van der Waals surface area contributed by atoms with Crippen LogP contribution in [0.3, 0.4) is 0 Å². The van der Waals surface area contributed by atoms with Crippen LogP contribution >= 0.6 is 0 Å². The highest BCUT2D eigenvalue weighted by molar-refractivity contribution is 5.58. The van der Waals surface area contributed by atoms with Gasteiger partial charge in [0.1, 0.15) is 0 Å². The minimum Gasteiger partial charge on any atom is -0.396 e. The van der Waals surface area contributed by atoms with Gasteiger partial charge in [0.25, 0.3) is 0 Å². The molecule has 0 saturated carbocycles. The molecule has 1 aliphatic rings. The van der Waals surface area contributed by atoms with Crippen molar-refractivity contribution in [3.05, 3.63) is 29.3 Å². The summed E-state index contributed by atoms with van der Waals surface area (Å²) < 4.78 is 0. The highest BCUT2D eigenvalue weighted by Gasteiger charge is 2.20. The molecule has 0 spiro atoms. The molecule has 0 aromatic heterocycles. The van der Waals surface area contributed by atoms with Crippen LogP contribution in [-0.4, -0.2) is 37.9 Å². The fourth-order valence-electron chi connectivity index (χ4n) is 2.74. The monoisotopic (exact) mass is 277 g/mol. The summed E-state index contributed by atoms with van der Waals surface area (Å²) in [7, 11) is 2.13. The van der Waals surface area contributed by atoms with Crippen molar-refractivity contribution < 1.29 is 5.11 Å². The largest absolute Gasteiger partial charge is 0.396 e. The van der Waals surface area contributed by atoms with Gasteiger partial charge in [-0.15, -0.1) is 0 Å². The first-order valence-electron chi connectivity index (χ1n) is 7.47. The van der Waals surface area contributed by atoms with Crippen molar-refractivity contribution in [3.63, 3.8) is 0 Å². The Kier molecular flexibility index (Phi) is 5.02. The van der Waals surface area contributed by atoms with Crippen molar-refractivity contribution in [2.24, 2.45) is 11.7 Å². The number of anilines is 1. The maximum absolute atomic E-state index is 9.24. The topological polar surface area (TPSA) is 61.5 Å². The third-order valence-electron chi connectivity index (χ3n) is 4.48. The van der Waals surface area contributed by atoms with Crippen molar-refractivity contribution in [2.75, 3.05) is 31.6 Å². The van der Waals surface area contributed by atoms with Crippen LogP contribution < -0.4 is 16.0 Å². The average molecular weight is 277 g/mol. The van der Waals surface area contributed by atoms with Crippen LogP contribution in [0.15, 0.2) is 18.2 Å². The van der Waals surface area contributed by atoms with Gasteiger partial charge in [-0.25, -0.2) is 0 Å². The van der Waals surface area contributed by atoms with E-state index in [1.54, 1.807) is 0 Å². The molecule has 0 amide bonds. The molecular formula is C16H27N3O. The minimum atomic E-state index is 0.148. The summed E-state index contributed by atoms with van der Waals surface area (Å²) in [6.07, 6.45) is 1.11. The first-order valence-corrected chi connectivity index (χ1v) is 7.47. The lowest BCUT2D eigenvalue weighted by Gasteiger charge is -2.26. The molecule has 0 saturated heterocycles. The summed E-state index contributed by atoms with van der Waals surface area (Å²) in [6, 6.07) is 7.03. The van der Waals surface area contributed by atoms with Crippen molar-refractivity contribution in [2.45, 2.75) is 32.4 Å². The van der Waals surface area contributed by atoms with Crippen LogP contribution in [0, 0.1) is 5.92 Å². The van der Waals surface area contributed by atoms with E-state index in [2.05, 4.69) is 42.4 Å². The second kappa shape index (κ2) is 6.57. The van der Waals surface area contributed by atoms with Gasteiger partial charge in [-0.2, -0.15) is 0 Å². The van der Waals surface area contributed by atoms with E-state index in [1.807, 2.05) is 6.92 Å². The Morgan fingerprint density at radius 1 is 1.40 bits per heavy atom. The van der Waals surface area contributed by atoms with Crippen LogP contribution in [-0.2, 0) is 6.42 Å². The molecule has 4 N–H and O–H groups in total. The summed E-state index contributed by atoms with van der Waals surface area (Å²) in [4.78, 5) is 2.29. The SMILES string of the molecule is CC(CO)C(C)NC(CN)c1ccc2c(c1)CCN2C. The lowest BCUT2D eigenvalue weighted by Crippen LogP contribution is -2.39. The number of nitrogens with zero attached hydrogens (tertiary/aromatic N) is 1. The van der Waals surface area contributed by atoms with Crippen LogP contribution in [0.1, 0.15) is 31.0 Å². The zero-order chi connectivity index (χ0) is 14.7. The summed E-state index contributed by atoms with van der Waals surface area (Å²) in [5, 5.41) is 12.8. The maximum atomic E-state index is 9.24. The maximum Gasteiger partial charge on any atom is 0.0471 e.